The Labute approximate surface area is 222 Å². The maximum Gasteiger partial charge on any atom is 0.255 e. The van der Waals surface area contributed by atoms with Crippen LogP contribution in [0.25, 0.3) is 0 Å². The maximum absolute atomic E-state index is 13.6. The topological polar surface area (TPSA) is 190 Å². The number of allylic oxidation sites excluding steroid dienone is 2. The number of carbonyl (C=O) groups excluding carboxylic acids is 4. The van der Waals surface area contributed by atoms with Gasteiger partial charge >= 0.3 is 0 Å². The molecule has 1 aromatic rings. The number of nitrogens with two attached hydrogens (primary N) is 1. The van der Waals surface area contributed by atoms with Gasteiger partial charge in [-0.2, -0.15) is 0 Å². The van der Waals surface area contributed by atoms with Crippen molar-refractivity contribution >= 4 is 35.0 Å². The quantitative estimate of drug-likeness (QED) is 0.299. The second-order valence-electron chi connectivity index (χ2n) is 10.6. The number of aromatic hydroxyl groups is 1. The monoisotopic (exact) mass is 545 g/mol. The van der Waals surface area contributed by atoms with Gasteiger partial charge in [0.05, 0.1) is 5.56 Å². The van der Waals surface area contributed by atoms with E-state index in [-0.39, 0.29) is 48.1 Å². The van der Waals surface area contributed by atoms with Crippen LogP contribution >= 0.6 is 11.6 Å². The van der Waals surface area contributed by atoms with Crippen LogP contribution in [0.2, 0.25) is 5.02 Å². The van der Waals surface area contributed by atoms with E-state index >= 15 is 0 Å². The van der Waals surface area contributed by atoms with Crippen LogP contribution in [0, 0.1) is 11.8 Å². The Kier molecular flexibility index (Phi) is 6.28. The van der Waals surface area contributed by atoms with Crippen LogP contribution in [0.3, 0.4) is 0 Å². The van der Waals surface area contributed by atoms with E-state index in [9.17, 15) is 39.6 Å². The van der Waals surface area contributed by atoms with Crippen molar-refractivity contribution < 1.29 is 39.6 Å². The Hall–Kier alpha value is -3.41. The van der Waals surface area contributed by atoms with Crippen LogP contribution in [0.15, 0.2) is 28.7 Å². The Balaban J connectivity index is 1.50. The smallest absolute Gasteiger partial charge is 0.255 e. The fourth-order valence-corrected chi connectivity index (χ4v) is 6.75. The molecule has 0 saturated carbocycles. The van der Waals surface area contributed by atoms with E-state index in [4.69, 9.17) is 17.3 Å². The van der Waals surface area contributed by atoms with Gasteiger partial charge in [0.15, 0.2) is 11.4 Å². The molecule has 4 atom stereocenters. The summed E-state index contributed by atoms with van der Waals surface area (Å²) in [4.78, 5) is 51.8. The van der Waals surface area contributed by atoms with Gasteiger partial charge < -0.3 is 31.5 Å². The van der Waals surface area contributed by atoms with Crippen LogP contribution in [0.5, 0.6) is 5.75 Å². The summed E-state index contributed by atoms with van der Waals surface area (Å²) >= 11 is 6.76. The number of rotatable bonds is 4. The number of carbonyl (C=O) groups is 4. The summed E-state index contributed by atoms with van der Waals surface area (Å²) in [6, 6.07) is 1.40. The van der Waals surface area contributed by atoms with Crippen LogP contribution < -0.4 is 11.1 Å². The first-order valence-corrected chi connectivity index (χ1v) is 12.7. The minimum atomic E-state index is -2.60. The van der Waals surface area contributed by atoms with E-state index in [0.717, 1.165) is 6.42 Å². The summed E-state index contributed by atoms with van der Waals surface area (Å²) in [5.74, 6) is -6.87. The SMILES string of the molecule is CC(=O)N[C@H]1CCN(Cc2cc(O)c3c(c2Cl)CC2C[C@H]4CC(O)=C(C(N)=O)C(=O)[C@@]4(O)C(O)=C2C3=O)C1. The Bertz CT molecular complexity index is 1370. The minimum Gasteiger partial charge on any atom is -0.511 e. The highest BCUT2D eigenvalue weighted by atomic mass is 35.5. The van der Waals surface area contributed by atoms with Crippen molar-refractivity contribution in [1.82, 2.24) is 10.2 Å². The second kappa shape index (κ2) is 9.11. The molecule has 2 amide bonds. The summed E-state index contributed by atoms with van der Waals surface area (Å²) in [6.07, 6.45) is 0.653. The van der Waals surface area contributed by atoms with Gasteiger partial charge in [0.25, 0.3) is 5.91 Å². The highest BCUT2D eigenvalue weighted by molar-refractivity contribution is 6.33. The van der Waals surface area contributed by atoms with E-state index < -0.39 is 52.0 Å². The van der Waals surface area contributed by atoms with Crippen molar-refractivity contribution in [1.29, 1.82) is 0 Å². The lowest BCUT2D eigenvalue weighted by atomic mass is 9.60. The third-order valence-corrected chi connectivity index (χ3v) is 8.61. The number of nitrogens with one attached hydrogen (secondary N) is 1. The Morgan fingerprint density at radius 2 is 1.95 bits per heavy atom. The van der Waals surface area contributed by atoms with Crippen molar-refractivity contribution in [3.05, 3.63) is 50.4 Å². The number of amides is 2. The number of hydrogen-bond acceptors (Lipinski definition) is 9. The summed E-state index contributed by atoms with van der Waals surface area (Å²) in [5, 5.41) is 46.7. The third kappa shape index (κ3) is 3.88. The standard InChI is InChI=1S/C26H28ClN3O8/c1-10(31)29-14-2-3-30(9-14)8-12-6-16(32)19-15(21(12)27)5-11-4-13-7-17(33)20(25(28)37)24(36)26(13,38)23(35)18(11)22(19)34/h6,11,13-14,32-33,35,38H,2-5,7-9H2,1H3,(H2,28,37)(H,29,31)/t11?,13-,14-,26-/m0/s1. The fraction of sp³-hybridized carbons (Fsp3) is 0.462. The van der Waals surface area contributed by atoms with Crippen LogP contribution in [0.4, 0.5) is 0 Å². The molecule has 7 N–H and O–H groups in total. The molecular weight excluding hydrogens is 518 g/mol. The predicted molar refractivity (Wildman–Crippen MR) is 133 cm³/mol. The Morgan fingerprint density at radius 1 is 1.24 bits per heavy atom. The first-order chi connectivity index (χ1) is 17.8. The van der Waals surface area contributed by atoms with E-state index in [1.54, 1.807) is 0 Å². The molecule has 5 rings (SSSR count). The minimum absolute atomic E-state index is 0.00878. The van der Waals surface area contributed by atoms with Crippen molar-refractivity contribution in [2.45, 2.75) is 50.8 Å². The zero-order valence-electron chi connectivity index (χ0n) is 20.6. The van der Waals surface area contributed by atoms with Crippen molar-refractivity contribution in [2.24, 2.45) is 17.6 Å². The predicted octanol–water partition coefficient (Wildman–Crippen LogP) is 0.944. The molecule has 0 radical (unpaired) electrons. The largest absolute Gasteiger partial charge is 0.511 e. The van der Waals surface area contributed by atoms with Gasteiger partial charge in [-0.05, 0) is 42.4 Å². The zero-order valence-corrected chi connectivity index (χ0v) is 21.3. The number of Topliss-reactive ketones (excluding diaryl/α,β-unsaturated/α-hetero) is 2. The summed E-state index contributed by atoms with van der Waals surface area (Å²) in [6.45, 7) is 3.16. The van der Waals surface area contributed by atoms with Gasteiger partial charge in [-0.15, -0.1) is 0 Å². The number of fused-ring (bicyclic) bond motifs is 3. The van der Waals surface area contributed by atoms with Gasteiger partial charge in [0, 0.05) is 55.5 Å². The molecule has 12 heteroatoms. The molecule has 1 saturated heterocycles. The molecule has 1 heterocycles. The molecule has 38 heavy (non-hydrogen) atoms. The lowest BCUT2D eigenvalue weighted by Crippen LogP contribution is -2.57. The number of aliphatic hydroxyl groups is 3. The molecule has 4 aliphatic rings. The molecule has 0 bridgehead atoms. The summed E-state index contributed by atoms with van der Waals surface area (Å²) < 4.78 is 0. The van der Waals surface area contributed by atoms with Crippen molar-refractivity contribution in [3.8, 4) is 5.75 Å². The van der Waals surface area contributed by atoms with Gasteiger partial charge in [-0.25, -0.2) is 0 Å². The first-order valence-electron chi connectivity index (χ1n) is 12.3. The van der Waals surface area contributed by atoms with Gasteiger partial charge in [0.2, 0.25) is 11.7 Å². The number of benzene rings is 1. The van der Waals surface area contributed by atoms with E-state index in [1.807, 2.05) is 0 Å². The second-order valence-corrected chi connectivity index (χ2v) is 10.9. The normalized spacial score (nSPS) is 29.2. The maximum atomic E-state index is 13.6. The van der Waals surface area contributed by atoms with E-state index in [0.29, 0.717) is 35.8 Å². The summed E-state index contributed by atoms with van der Waals surface area (Å²) in [5.41, 5.74) is 2.45. The van der Waals surface area contributed by atoms with Gasteiger partial charge in [-0.3, -0.25) is 24.1 Å². The van der Waals surface area contributed by atoms with Crippen LogP contribution in [0.1, 0.15) is 47.7 Å². The molecule has 0 spiro atoms. The van der Waals surface area contributed by atoms with E-state index in [1.165, 1.54) is 13.0 Å². The molecule has 11 nitrogen and oxygen atoms in total. The molecule has 1 aromatic carbocycles. The lowest BCUT2D eigenvalue weighted by Gasteiger charge is -2.45. The van der Waals surface area contributed by atoms with Crippen LogP contribution in [-0.4, -0.2) is 73.4 Å². The van der Waals surface area contributed by atoms with Crippen molar-refractivity contribution in [3.63, 3.8) is 0 Å². The number of phenolic OH excluding ortho intramolecular Hbond substituents is 1. The lowest BCUT2D eigenvalue weighted by molar-refractivity contribution is -0.144. The highest BCUT2D eigenvalue weighted by Gasteiger charge is 2.59. The number of hydrogen-bond donors (Lipinski definition) is 6. The average molecular weight is 546 g/mol. The number of aliphatic hydroxyl groups excluding tert-OH is 2. The molecule has 202 valence electrons. The molecular formula is C26H28ClN3O8. The number of ketones is 2. The summed E-state index contributed by atoms with van der Waals surface area (Å²) in [7, 11) is 0. The van der Waals surface area contributed by atoms with Gasteiger partial charge in [0.1, 0.15) is 22.8 Å². The van der Waals surface area contributed by atoms with E-state index in [2.05, 4.69) is 10.2 Å². The zero-order chi connectivity index (χ0) is 27.7. The third-order valence-electron chi connectivity index (χ3n) is 8.14. The van der Waals surface area contributed by atoms with Gasteiger partial charge in [-0.1, -0.05) is 11.6 Å². The van der Waals surface area contributed by atoms with Crippen LogP contribution in [-0.2, 0) is 27.3 Å². The number of halogens is 1. The number of phenols is 1. The fourth-order valence-electron chi connectivity index (χ4n) is 6.46. The number of likely N-dealkylation sites (tertiary alicyclic amines) is 1. The molecule has 0 aromatic heterocycles. The van der Waals surface area contributed by atoms with Crippen molar-refractivity contribution in [2.75, 3.05) is 13.1 Å². The molecule has 1 unspecified atom stereocenters. The first kappa shape index (κ1) is 26.2. The Morgan fingerprint density at radius 3 is 2.61 bits per heavy atom. The highest BCUT2D eigenvalue weighted by Crippen LogP contribution is 2.52. The molecule has 1 aliphatic heterocycles. The molecule has 1 fully saturated rings. The number of nitrogens with zero attached hydrogens (tertiary/aromatic N) is 1. The average Bonchev–Trinajstić information content (AvgIpc) is 3.25. The number of primary amides is 1. The molecule has 3 aliphatic carbocycles.